The van der Waals surface area contributed by atoms with Gasteiger partial charge in [-0.25, -0.2) is 0 Å². The van der Waals surface area contributed by atoms with Gasteiger partial charge in [0.1, 0.15) is 11.5 Å². The zero-order valence-electron chi connectivity index (χ0n) is 16.1. The first-order valence-electron chi connectivity index (χ1n) is 10.3. The van der Waals surface area contributed by atoms with Gasteiger partial charge in [-0.05, 0) is 54.7 Å². The van der Waals surface area contributed by atoms with Gasteiger partial charge in [0.15, 0.2) is 0 Å². The number of nitrogens with one attached hydrogen (secondary N) is 1. The van der Waals surface area contributed by atoms with Gasteiger partial charge in [0.2, 0.25) is 0 Å². The fourth-order valence-corrected chi connectivity index (χ4v) is 4.20. The molecule has 2 aromatic carbocycles. The Hall–Kier alpha value is -2.72. The maximum absolute atomic E-state index is 5.92. The summed E-state index contributed by atoms with van der Waals surface area (Å²) in [6, 6.07) is 21.5. The molecule has 3 heterocycles. The number of anilines is 1. The van der Waals surface area contributed by atoms with Gasteiger partial charge in [0.05, 0.1) is 11.7 Å². The van der Waals surface area contributed by atoms with E-state index in [2.05, 4.69) is 57.5 Å². The van der Waals surface area contributed by atoms with Gasteiger partial charge in [-0.1, -0.05) is 30.3 Å². The molecule has 144 valence electrons. The first kappa shape index (κ1) is 17.4. The van der Waals surface area contributed by atoms with Crippen LogP contribution in [-0.4, -0.2) is 30.7 Å². The Kier molecular flexibility index (Phi) is 4.79. The topological polar surface area (TPSA) is 29.4 Å². The first-order valence-corrected chi connectivity index (χ1v) is 10.3. The molecule has 2 aliphatic heterocycles. The highest BCUT2D eigenvalue weighted by Crippen LogP contribution is 2.32. The summed E-state index contributed by atoms with van der Waals surface area (Å²) in [5.74, 6) is 2.42. The molecule has 0 unspecified atom stereocenters. The summed E-state index contributed by atoms with van der Waals surface area (Å²) < 4.78 is 8.28. The third-order valence-electron chi connectivity index (χ3n) is 6.07. The lowest BCUT2D eigenvalue weighted by Crippen LogP contribution is -2.42. The summed E-state index contributed by atoms with van der Waals surface area (Å²) in [6.07, 6.45) is 6.96. The van der Waals surface area contributed by atoms with Crippen LogP contribution in [0.4, 0.5) is 5.69 Å². The first-order chi connectivity index (χ1) is 13.8. The van der Waals surface area contributed by atoms with Crippen molar-refractivity contribution in [1.82, 2.24) is 9.88 Å². The molecule has 1 N–H and O–H groups in total. The van der Waals surface area contributed by atoms with Crippen LogP contribution in [0.3, 0.4) is 0 Å². The molecule has 4 heteroatoms. The molecule has 0 radical (unpaired) electrons. The third kappa shape index (κ3) is 3.65. The van der Waals surface area contributed by atoms with Crippen molar-refractivity contribution in [2.24, 2.45) is 0 Å². The number of para-hydroxylation sites is 1. The van der Waals surface area contributed by atoms with Gasteiger partial charge in [-0.15, -0.1) is 0 Å². The molecule has 28 heavy (non-hydrogen) atoms. The van der Waals surface area contributed by atoms with Crippen LogP contribution in [0.2, 0.25) is 0 Å². The molecule has 0 spiro atoms. The Bertz CT molecular complexity index is 891. The van der Waals surface area contributed by atoms with Crippen molar-refractivity contribution in [3.63, 3.8) is 0 Å². The molecule has 2 saturated heterocycles. The number of rotatable bonds is 5. The van der Waals surface area contributed by atoms with E-state index in [1.807, 2.05) is 30.3 Å². The highest BCUT2D eigenvalue weighted by molar-refractivity contribution is 5.46. The molecule has 0 bridgehead atoms. The van der Waals surface area contributed by atoms with Crippen molar-refractivity contribution in [1.29, 1.82) is 0 Å². The number of hydrogen-bond acceptors (Lipinski definition) is 3. The second-order valence-corrected chi connectivity index (χ2v) is 7.87. The Labute approximate surface area is 166 Å². The summed E-state index contributed by atoms with van der Waals surface area (Å²) in [6.45, 7) is 4.44. The fraction of sp³-hybridized carbons (Fsp3) is 0.333. The molecule has 2 fully saturated rings. The van der Waals surface area contributed by atoms with Gasteiger partial charge >= 0.3 is 0 Å². The minimum Gasteiger partial charge on any atom is -0.457 e. The molecule has 2 aliphatic rings. The van der Waals surface area contributed by atoms with Gasteiger partial charge in [-0.3, -0.25) is 0 Å². The maximum atomic E-state index is 5.92. The van der Waals surface area contributed by atoms with Crippen LogP contribution in [0.15, 0.2) is 73.1 Å². The van der Waals surface area contributed by atoms with Crippen molar-refractivity contribution in [3.8, 4) is 11.5 Å². The largest absolute Gasteiger partial charge is 0.457 e. The highest BCUT2D eigenvalue weighted by atomic mass is 16.5. The summed E-state index contributed by atoms with van der Waals surface area (Å²) >= 11 is 0. The zero-order chi connectivity index (χ0) is 18.8. The van der Waals surface area contributed by atoms with E-state index >= 15 is 0 Å². The Morgan fingerprint density at radius 2 is 1.54 bits per heavy atom. The van der Waals surface area contributed by atoms with E-state index in [-0.39, 0.29) is 0 Å². The quantitative estimate of drug-likeness (QED) is 0.696. The monoisotopic (exact) mass is 373 g/mol. The van der Waals surface area contributed by atoms with Gasteiger partial charge in [0, 0.05) is 38.6 Å². The Morgan fingerprint density at radius 1 is 0.821 bits per heavy atom. The van der Waals surface area contributed by atoms with Gasteiger partial charge < -0.3 is 19.5 Å². The van der Waals surface area contributed by atoms with E-state index in [1.54, 1.807) is 0 Å². The molecule has 1 aromatic heterocycles. The lowest BCUT2D eigenvalue weighted by atomic mass is 9.89. The predicted molar refractivity (Wildman–Crippen MR) is 113 cm³/mol. The number of nitrogens with zero attached hydrogens (tertiary/aromatic N) is 2. The molecule has 3 aromatic rings. The van der Waals surface area contributed by atoms with Gasteiger partial charge in [0.25, 0.3) is 0 Å². The van der Waals surface area contributed by atoms with Crippen LogP contribution < -0.4 is 15.0 Å². The molecular formula is C24H27N3O. The van der Waals surface area contributed by atoms with Crippen molar-refractivity contribution in [3.05, 3.63) is 78.6 Å². The summed E-state index contributed by atoms with van der Waals surface area (Å²) in [4.78, 5) is 2.53. The Balaban J connectivity index is 1.18. The van der Waals surface area contributed by atoms with Crippen LogP contribution in [0.5, 0.6) is 11.5 Å². The van der Waals surface area contributed by atoms with Crippen molar-refractivity contribution >= 4 is 5.69 Å². The highest BCUT2D eigenvalue weighted by Gasteiger charge is 2.23. The number of benzene rings is 2. The maximum Gasteiger partial charge on any atom is 0.127 e. The number of ether oxygens (including phenoxy) is 1. The minimum atomic E-state index is 0.639. The average Bonchev–Trinajstić information content (AvgIpc) is 3.18. The third-order valence-corrected chi connectivity index (χ3v) is 6.07. The summed E-state index contributed by atoms with van der Waals surface area (Å²) in [5, 5.41) is 3.35. The molecular weight excluding hydrogens is 346 g/mol. The molecule has 5 rings (SSSR count). The second kappa shape index (κ2) is 7.72. The minimum absolute atomic E-state index is 0.639. The number of piperidine rings is 1. The predicted octanol–water partition coefficient (Wildman–Crippen LogP) is 4.81. The number of hydrogen-bond donors (Lipinski definition) is 1. The van der Waals surface area contributed by atoms with E-state index in [1.165, 1.54) is 24.1 Å². The van der Waals surface area contributed by atoms with Crippen molar-refractivity contribution < 1.29 is 4.74 Å². The van der Waals surface area contributed by atoms with E-state index in [0.717, 1.165) is 37.7 Å². The SMILES string of the molecule is c1ccc(Oc2ccc(C3CCN(c4ccn(C5CNC5)c4)CC3)cc2)cc1. The molecule has 0 amide bonds. The molecule has 0 atom stereocenters. The summed E-state index contributed by atoms with van der Waals surface area (Å²) in [5.41, 5.74) is 2.80. The molecule has 0 saturated carbocycles. The Morgan fingerprint density at radius 3 is 2.21 bits per heavy atom. The van der Waals surface area contributed by atoms with E-state index < -0.39 is 0 Å². The summed E-state index contributed by atoms with van der Waals surface area (Å²) in [7, 11) is 0. The standard InChI is InChI=1S/C24H27N3O/c1-2-4-23(5-3-1)28-24-8-6-19(7-9-24)20-10-13-26(14-11-20)21-12-15-27(18-21)22-16-25-17-22/h1-9,12,15,18,20,22,25H,10-11,13-14,16-17H2. The lowest BCUT2D eigenvalue weighted by molar-refractivity contribution is 0.344. The van der Waals surface area contributed by atoms with Crippen LogP contribution in [0, 0.1) is 0 Å². The second-order valence-electron chi connectivity index (χ2n) is 7.87. The molecule has 0 aliphatic carbocycles. The van der Waals surface area contributed by atoms with E-state index in [0.29, 0.717) is 12.0 Å². The smallest absolute Gasteiger partial charge is 0.127 e. The van der Waals surface area contributed by atoms with Crippen molar-refractivity contribution in [2.75, 3.05) is 31.1 Å². The van der Waals surface area contributed by atoms with Crippen LogP contribution in [0.1, 0.15) is 30.4 Å². The van der Waals surface area contributed by atoms with E-state index in [9.17, 15) is 0 Å². The van der Waals surface area contributed by atoms with Crippen LogP contribution >= 0.6 is 0 Å². The fourth-order valence-electron chi connectivity index (χ4n) is 4.20. The lowest BCUT2D eigenvalue weighted by Gasteiger charge is -2.33. The van der Waals surface area contributed by atoms with Crippen LogP contribution in [-0.2, 0) is 0 Å². The average molecular weight is 374 g/mol. The zero-order valence-corrected chi connectivity index (χ0v) is 16.1. The van der Waals surface area contributed by atoms with Crippen molar-refractivity contribution in [2.45, 2.75) is 24.8 Å². The molecule has 4 nitrogen and oxygen atoms in total. The van der Waals surface area contributed by atoms with E-state index in [4.69, 9.17) is 4.74 Å². The van der Waals surface area contributed by atoms with Gasteiger partial charge in [-0.2, -0.15) is 0 Å². The van der Waals surface area contributed by atoms with Crippen LogP contribution in [0.25, 0.3) is 0 Å². The number of aromatic nitrogens is 1. The normalized spacial score (nSPS) is 18.1.